The number of nitrogens with zero attached hydrogens (tertiary/aromatic N) is 5. The second-order valence-electron chi connectivity index (χ2n) is 7.37. The van der Waals surface area contributed by atoms with Gasteiger partial charge in [-0.05, 0) is 37.6 Å². The smallest absolute Gasteiger partial charge is 0.252 e. The van der Waals surface area contributed by atoms with Gasteiger partial charge in [-0.1, -0.05) is 12.1 Å². The summed E-state index contributed by atoms with van der Waals surface area (Å²) in [5.41, 5.74) is 3.40. The molecule has 8 nitrogen and oxygen atoms in total. The number of aromatic nitrogens is 4. The predicted molar refractivity (Wildman–Crippen MR) is 117 cm³/mol. The van der Waals surface area contributed by atoms with Crippen LogP contribution in [-0.4, -0.2) is 60.9 Å². The number of thioether (sulfide) groups is 1. The van der Waals surface area contributed by atoms with Crippen LogP contribution in [0.5, 0.6) is 0 Å². The molecule has 0 atom stereocenters. The Balaban J connectivity index is 1.34. The molecule has 1 fully saturated rings. The summed E-state index contributed by atoms with van der Waals surface area (Å²) in [6.07, 6.45) is 0.449. The molecule has 0 saturated carbocycles. The minimum absolute atomic E-state index is 0.0645. The van der Waals surface area contributed by atoms with Gasteiger partial charge in [0.1, 0.15) is 0 Å². The fourth-order valence-corrected chi connectivity index (χ4v) is 4.34. The molecule has 0 bridgehead atoms. The van der Waals surface area contributed by atoms with Gasteiger partial charge in [0.15, 0.2) is 5.82 Å². The van der Waals surface area contributed by atoms with Crippen molar-refractivity contribution in [1.29, 1.82) is 0 Å². The number of benzene rings is 1. The van der Waals surface area contributed by atoms with E-state index in [2.05, 4.69) is 20.4 Å². The van der Waals surface area contributed by atoms with Crippen LogP contribution < -0.4 is 5.32 Å². The molecule has 1 aromatic carbocycles. The molecule has 1 N–H and O–H groups in total. The fourth-order valence-electron chi connectivity index (χ4n) is 3.44. The van der Waals surface area contributed by atoms with Crippen LogP contribution in [0.3, 0.4) is 0 Å². The number of hydrogen-bond donors (Lipinski definition) is 1. The van der Waals surface area contributed by atoms with Crippen molar-refractivity contribution in [2.24, 2.45) is 0 Å². The molecule has 0 aliphatic carbocycles. The van der Waals surface area contributed by atoms with Crippen LogP contribution in [0.4, 0.5) is 5.69 Å². The van der Waals surface area contributed by atoms with Crippen molar-refractivity contribution < 1.29 is 9.59 Å². The molecule has 2 aromatic heterocycles. The van der Waals surface area contributed by atoms with E-state index >= 15 is 0 Å². The molecule has 1 aliphatic heterocycles. The van der Waals surface area contributed by atoms with E-state index in [1.165, 1.54) is 0 Å². The molecule has 4 rings (SSSR count). The van der Waals surface area contributed by atoms with E-state index in [4.69, 9.17) is 0 Å². The van der Waals surface area contributed by atoms with Crippen molar-refractivity contribution in [1.82, 2.24) is 24.5 Å². The molecule has 3 aromatic rings. The number of fused-ring (bicyclic) bond motifs is 1. The highest BCUT2D eigenvalue weighted by Gasteiger charge is 2.17. The van der Waals surface area contributed by atoms with E-state index in [-0.39, 0.29) is 18.2 Å². The molecule has 0 unspecified atom stereocenters. The van der Waals surface area contributed by atoms with Crippen molar-refractivity contribution in [3.05, 3.63) is 53.1 Å². The van der Waals surface area contributed by atoms with E-state index in [0.29, 0.717) is 23.7 Å². The summed E-state index contributed by atoms with van der Waals surface area (Å²) in [5, 5.41) is 7.22. The summed E-state index contributed by atoms with van der Waals surface area (Å²) >= 11 is 1.88. The second-order valence-corrected chi connectivity index (χ2v) is 8.60. The number of carbonyl (C=O) groups is 2. The Kier molecular flexibility index (Phi) is 5.98. The summed E-state index contributed by atoms with van der Waals surface area (Å²) in [7, 11) is 0. The first kappa shape index (κ1) is 20.3. The van der Waals surface area contributed by atoms with Crippen molar-refractivity contribution >= 4 is 35.0 Å². The van der Waals surface area contributed by atoms with Crippen molar-refractivity contribution in [3.63, 3.8) is 0 Å². The lowest BCUT2D eigenvalue weighted by Crippen LogP contribution is -2.38. The molecule has 156 valence electrons. The van der Waals surface area contributed by atoms with Gasteiger partial charge in [-0.25, -0.2) is 9.50 Å². The standard InChI is InChI=1S/C21H24N6O2S/c1-14-11-15(2)27-21(22-14)24-18(25-27)13-19(28)23-17-5-3-16(4-6-17)12-20(29)26-7-9-30-10-8-26/h3-6,11H,7-10,12-13H2,1-2H3,(H,23,28). The van der Waals surface area contributed by atoms with Crippen LogP contribution in [-0.2, 0) is 22.4 Å². The molecule has 9 heteroatoms. The Bertz CT molecular complexity index is 1070. The van der Waals surface area contributed by atoms with Crippen LogP contribution in [0, 0.1) is 13.8 Å². The summed E-state index contributed by atoms with van der Waals surface area (Å²) in [6, 6.07) is 9.32. The largest absolute Gasteiger partial charge is 0.341 e. The zero-order valence-corrected chi connectivity index (χ0v) is 17.9. The monoisotopic (exact) mass is 424 g/mol. The van der Waals surface area contributed by atoms with Gasteiger partial charge in [0.25, 0.3) is 5.78 Å². The Morgan fingerprint density at radius 1 is 1.07 bits per heavy atom. The zero-order valence-electron chi connectivity index (χ0n) is 17.1. The Morgan fingerprint density at radius 2 is 1.80 bits per heavy atom. The summed E-state index contributed by atoms with van der Waals surface area (Å²) < 4.78 is 1.64. The average molecular weight is 425 g/mol. The van der Waals surface area contributed by atoms with E-state index in [1.807, 2.05) is 60.8 Å². The number of nitrogens with one attached hydrogen (secondary N) is 1. The Morgan fingerprint density at radius 3 is 2.53 bits per heavy atom. The zero-order chi connectivity index (χ0) is 21.1. The van der Waals surface area contributed by atoms with E-state index in [1.54, 1.807) is 4.52 Å². The molecule has 0 radical (unpaired) electrons. The van der Waals surface area contributed by atoms with Gasteiger partial charge < -0.3 is 10.2 Å². The molecule has 0 spiro atoms. The number of amides is 2. The normalized spacial score (nSPS) is 14.1. The highest BCUT2D eigenvalue weighted by atomic mass is 32.2. The lowest BCUT2D eigenvalue weighted by Gasteiger charge is -2.26. The average Bonchev–Trinajstić information content (AvgIpc) is 3.12. The van der Waals surface area contributed by atoms with Gasteiger partial charge in [-0.3, -0.25) is 9.59 Å². The molecular weight excluding hydrogens is 400 g/mol. The maximum absolute atomic E-state index is 12.4. The van der Waals surface area contributed by atoms with Gasteiger partial charge in [-0.15, -0.1) is 5.10 Å². The van der Waals surface area contributed by atoms with Crippen molar-refractivity contribution in [3.8, 4) is 0 Å². The van der Waals surface area contributed by atoms with Gasteiger partial charge in [0.05, 0.1) is 12.8 Å². The van der Waals surface area contributed by atoms with Crippen LogP contribution in [0.1, 0.15) is 22.8 Å². The summed E-state index contributed by atoms with van der Waals surface area (Å²) in [5.74, 6) is 2.89. The van der Waals surface area contributed by atoms with Crippen LogP contribution in [0.25, 0.3) is 5.78 Å². The highest BCUT2D eigenvalue weighted by Crippen LogP contribution is 2.14. The number of anilines is 1. The fraction of sp³-hybridized carbons (Fsp3) is 0.381. The highest BCUT2D eigenvalue weighted by molar-refractivity contribution is 7.99. The summed E-state index contributed by atoms with van der Waals surface area (Å²) in [4.78, 5) is 35.4. The number of hydrogen-bond acceptors (Lipinski definition) is 6. The van der Waals surface area contributed by atoms with Gasteiger partial charge in [-0.2, -0.15) is 16.7 Å². The first-order valence-electron chi connectivity index (χ1n) is 9.92. The van der Waals surface area contributed by atoms with E-state index < -0.39 is 0 Å². The molecule has 1 saturated heterocycles. The molecule has 3 heterocycles. The third-order valence-electron chi connectivity index (χ3n) is 4.94. The maximum Gasteiger partial charge on any atom is 0.252 e. The van der Waals surface area contributed by atoms with Gasteiger partial charge in [0.2, 0.25) is 11.8 Å². The van der Waals surface area contributed by atoms with E-state index in [0.717, 1.165) is 41.5 Å². The molecule has 1 aliphatic rings. The number of aryl methyl sites for hydroxylation is 2. The van der Waals surface area contributed by atoms with Crippen LogP contribution >= 0.6 is 11.8 Å². The molecule has 2 amide bonds. The van der Waals surface area contributed by atoms with Crippen molar-refractivity contribution in [2.75, 3.05) is 29.9 Å². The quantitative estimate of drug-likeness (QED) is 0.674. The first-order valence-corrected chi connectivity index (χ1v) is 11.1. The lowest BCUT2D eigenvalue weighted by atomic mass is 10.1. The Hall–Kier alpha value is -2.94. The van der Waals surface area contributed by atoms with Gasteiger partial charge >= 0.3 is 0 Å². The SMILES string of the molecule is Cc1cc(C)n2nc(CC(=O)Nc3ccc(CC(=O)N4CCSCC4)cc3)nc2n1. The maximum atomic E-state index is 12.4. The van der Waals surface area contributed by atoms with Gasteiger partial charge in [0, 0.05) is 41.7 Å². The third kappa shape index (κ3) is 4.79. The van der Waals surface area contributed by atoms with Crippen molar-refractivity contribution in [2.45, 2.75) is 26.7 Å². The van der Waals surface area contributed by atoms with Crippen LogP contribution in [0.2, 0.25) is 0 Å². The number of rotatable bonds is 5. The predicted octanol–water partition coefficient (Wildman–Crippen LogP) is 2.04. The number of carbonyl (C=O) groups excluding carboxylic acids is 2. The molecule has 30 heavy (non-hydrogen) atoms. The topological polar surface area (TPSA) is 92.5 Å². The minimum atomic E-state index is -0.199. The summed E-state index contributed by atoms with van der Waals surface area (Å²) in [6.45, 7) is 5.47. The minimum Gasteiger partial charge on any atom is -0.341 e. The Labute approximate surface area is 179 Å². The second kappa shape index (κ2) is 8.83. The lowest BCUT2D eigenvalue weighted by molar-refractivity contribution is -0.130. The molecular formula is C21H24N6O2S. The third-order valence-corrected chi connectivity index (χ3v) is 5.88. The van der Waals surface area contributed by atoms with Crippen LogP contribution in [0.15, 0.2) is 30.3 Å². The van der Waals surface area contributed by atoms with E-state index in [9.17, 15) is 9.59 Å². The first-order chi connectivity index (χ1) is 14.5.